The molecular weight excluding hydrogens is 156 g/mol. The van der Waals surface area contributed by atoms with Crippen molar-refractivity contribution in [3.8, 4) is 6.07 Å². The number of nitriles is 1. The summed E-state index contributed by atoms with van der Waals surface area (Å²) in [5, 5.41) is 13.8. The van der Waals surface area contributed by atoms with Crippen LogP contribution in [0.5, 0.6) is 0 Å². The first-order valence-electron chi connectivity index (χ1n) is 3.46. The van der Waals surface area contributed by atoms with Crippen molar-refractivity contribution >= 4 is 11.7 Å². The molecule has 1 aromatic rings. The van der Waals surface area contributed by atoms with Gasteiger partial charge >= 0.3 is 6.03 Å². The minimum absolute atomic E-state index is 0.265. The Morgan fingerprint density at radius 2 is 2.42 bits per heavy atom. The fourth-order valence-electron chi connectivity index (χ4n) is 1.16. The van der Waals surface area contributed by atoms with Gasteiger partial charge in [-0.25, -0.2) is 4.79 Å². The maximum atomic E-state index is 10.8. The van der Waals surface area contributed by atoms with Gasteiger partial charge in [-0.05, 0) is 0 Å². The Kier molecular flexibility index (Phi) is 1.27. The highest BCUT2D eigenvalue weighted by atomic mass is 16.2. The summed E-state index contributed by atoms with van der Waals surface area (Å²) in [4.78, 5) is 13.7. The van der Waals surface area contributed by atoms with E-state index >= 15 is 0 Å². The molecule has 0 saturated heterocycles. The third-order valence-electron chi connectivity index (χ3n) is 1.75. The second-order valence-corrected chi connectivity index (χ2v) is 2.48. The molecule has 2 rings (SSSR count). The largest absolute Gasteiger partial charge is 0.361 e. The van der Waals surface area contributed by atoms with Crippen LogP contribution in [0, 0.1) is 11.3 Å². The number of nitrogens with zero attached hydrogens (tertiary/aromatic N) is 1. The number of aromatic nitrogens is 1. The first-order valence-corrected chi connectivity index (χ1v) is 3.46. The summed E-state index contributed by atoms with van der Waals surface area (Å²) in [6.07, 6.45) is 1.58. The van der Waals surface area contributed by atoms with Crippen LogP contribution in [0.2, 0.25) is 0 Å². The third-order valence-corrected chi connectivity index (χ3v) is 1.75. The van der Waals surface area contributed by atoms with E-state index in [0.717, 1.165) is 5.69 Å². The number of rotatable bonds is 0. The maximum absolute atomic E-state index is 10.8. The topological polar surface area (TPSA) is 80.7 Å². The van der Waals surface area contributed by atoms with Crippen LogP contribution in [0.1, 0.15) is 11.3 Å². The second-order valence-electron chi connectivity index (χ2n) is 2.48. The molecule has 12 heavy (non-hydrogen) atoms. The minimum atomic E-state index is -0.265. The van der Waals surface area contributed by atoms with Crippen molar-refractivity contribution in [2.75, 3.05) is 5.32 Å². The fourth-order valence-corrected chi connectivity index (χ4v) is 1.16. The van der Waals surface area contributed by atoms with Crippen molar-refractivity contribution in [1.82, 2.24) is 10.3 Å². The van der Waals surface area contributed by atoms with Crippen molar-refractivity contribution in [3.63, 3.8) is 0 Å². The molecule has 0 saturated carbocycles. The number of carbonyl (C=O) groups is 1. The predicted octanol–water partition coefficient (Wildman–Crippen LogP) is 0.521. The van der Waals surface area contributed by atoms with E-state index in [9.17, 15) is 4.79 Å². The normalized spacial score (nSPS) is 14.1. The van der Waals surface area contributed by atoms with Gasteiger partial charge in [0.1, 0.15) is 6.07 Å². The Morgan fingerprint density at radius 1 is 1.58 bits per heavy atom. The van der Waals surface area contributed by atoms with Gasteiger partial charge in [-0.2, -0.15) is 5.26 Å². The van der Waals surface area contributed by atoms with E-state index in [0.29, 0.717) is 17.8 Å². The van der Waals surface area contributed by atoms with E-state index in [1.165, 1.54) is 0 Å². The van der Waals surface area contributed by atoms with Gasteiger partial charge in [0, 0.05) is 6.20 Å². The Hall–Kier alpha value is -1.96. The summed E-state index contributed by atoms with van der Waals surface area (Å²) in [5.74, 6) is 0. The molecule has 60 valence electrons. The number of hydrogen-bond donors (Lipinski definition) is 3. The molecule has 3 N–H and O–H groups in total. The number of amides is 2. The average molecular weight is 162 g/mol. The summed E-state index contributed by atoms with van der Waals surface area (Å²) < 4.78 is 0. The van der Waals surface area contributed by atoms with Gasteiger partial charge in [0.2, 0.25) is 0 Å². The Balaban J connectivity index is 2.48. The molecule has 1 aliphatic heterocycles. The number of hydrogen-bond acceptors (Lipinski definition) is 2. The lowest BCUT2D eigenvalue weighted by Gasteiger charge is -2.13. The van der Waals surface area contributed by atoms with Crippen LogP contribution in [0.3, 0.4) is 0 Å². The molecule has 1 aromatic heterocycles. The average Bonchev–Trinajstić information content (AvgIpc) is 2.46. The summed E-state index contributed by atoms with van der Waals surface area (Å²) in [5.41, 5.74) is 1.91. The van der Waals surface area contributed by atoms with Crippen molar-refractivity contribution in [2.24, 2.45) is 0 Å². The summed E-state index contributed by atoms with van der Waals surface area (Å²) >= 11 is 0. The number of fused-ring (bicyclic) bond motifs is 1. The van der Waals surface area contributed by atoms with Crippen LogP contribution in [-0.2, 0) is 6.54 Å². The molecule has 0 radical (unpaired) electrons. The predicted molar refractivity (Wildman–Crippen MR) is 41.4 cm³/mol. The third kappa shape index (κ3) is 0.820. The first kappa shape index (κ1) is 6.73. The number of aromatic amines is 1. The Bertz CT molecular complexity index is 373. The lowest BCUT2D eigenvalue weighted by Crippen LogP contribution is -2.33. The number of H-pyrrole nitrogens is 1. The molecule has 0 aliphatic carbocycles. The van der Waals surface area contributed by atoms with Crippen molar-refractivity contribution < 1.29 is 4.79 Å². The summed E-state index contributed by atoms with van der Waals surface area (Å²) in [6.45, 7) is 0.447. The number of anilines is 1. The lowest BCUT2D eigenvalue weighted by atomic mass is 10.2. The quantitative estimate of drug-likeness (QED) is 0.519. The molecule has 0 aromatic carbocycles. The minimum Gasteiger partial charge on any atom is -0.361 e. The van der Waals surface area contributed by atoms with E-state index in [4.69, 9.17) is 5.26 Å². The summed E-state index contributed by atoms with van der Waals surface area (Å²) in [7, 11) is 0. The van der Waals surface area contributed by atoms with Gasteiger partial charge in [-0.1, -0.05) is 0 Å². The number of urea groups is 1. The van der Waals surface area contributed by atoms with E-state index in [2.05, 4.69) is 15.6 Å². The van der Waals surface area contributed by atoms with Crippen molar-refractivity contribution in [2.45, 2.75) is 6.54 Å². The highest BCUT2D eigenvalue weighted by Gasteiger charge is 2.18. The molecule has 1 aliphatic rings. The zero-order chi connectivity index (χ0) is 8.55. The van der Waals surface area contributed by atoms with Crippen molar-refractivity contribution in [3.05, 3.63) is 17.5 Å². The van der Waals surface area contributed by atoms with Gasteiger partial charge in [0.15, 0.2) is 0 Å². The van der Waals surface area contributed by atoms with Crippen LogP contribution in [0.15, 0.2) is 6.20 Å². The fraction of sp³-hybridized carbons (Fsp3) is 0.143. The molecular formula is C7H6N4O. The molecule has 0 spiro atoms. The van der Waals surface area contributed by atoms with Crippen LogP contribution >= 0.6 is 0 Å². The molecule has 0 unspecified atom stereocenters. The molecule has 0 fully saturated rings. The highest BCUT2D eigenvalue weighted by molar-refractivity contribution is 5.93. The van der Waals surface area contributed by atoms with Gasteiger partial charge < -0.3 is 15.6 Å². The SMILES string of the molecule is N#Cc1c[nH]c2c1NC(=O)NC2. The second kappa shape index (κ2) is 2.27. The van der Waals surface area contributed by atoms with Crippen LogP contribution < -0.4 is 10.6 Å². The zero-order valence-corrected chi connectivity index (χ0v) is 6.14. The van der Waals surface area contributed by atoms with E-state index < -0.39 is 0 Å². The monoisotopic (exact) mass is 162 g/mol. The molecule has 0 atom stereocenters. The van der Waals surface area contributed by atoms with Crippen molar-refractivity contribution in [1.29, 1.82) is 5.26 Å². The number of carbonyl (C=O) groups excluding carboxylic acids is 1. The number of nitrogens with one attached hydrogen (secondary N) is 3. The van der Waals surface area contributed by atoms with E-state index in [1.54, 1.807) is 6.20 Å². The van der Waals surface area contributed by atoms with E-state index in [-0.39, 0.29) is 6.03 Å². The van der Waals surface area contributed by atoms with Gasteiger partial charge in [0.05, 0.1) is 23.5 Å². The standard InChI is InChI=1S/C7H6N4O/c8-1-4-2-9-5-3-10-7(12)11-6(4)5/h2,9H,3H2,(H2,10,11,12). The smallest absolute Gasteiger partial charge is 0.319 e. The maximum Gasteiger partial charge on any atom is 0.319 e. The van der Waals surface area contributed by atoms with E-state index in [1.807, 2.05) is 6.07 Å². The molecule has 5 nitrogen and oxygen atoms in total. The van der Waals surface area contributed by atoms with Gasteiger partial charge in [-0.3, -0.25) is 0 Å². The van der Waals surface area contributed by atoms with Crippen LogP contribution in [0.4, 0.5) is 10.5 Å². The lowest BCUT2D eigenvalue weighted by molar-refractivity contribution is 0.250. The highest BCUT2D eigenvalue weighted by Crippen LogP contribution is 2.21. The molecule has 2 amide bonds. The molecule has 0 bridgehead atoms. The van der Waals surface area contributed by atoms with Crippen LogP contribution in [0.25, 0.3) is 0 Å². The first-order chi connectivity index (χ1) is 5.81. The summed E-state index contributed by atoms with van der Waals surface area (Å²) in [6, 6.07) is 1.72. The molecule has 2 heterocycles. The van der Waals surface area contributed by atoms with Gasteiger partial charge in [-0.15, -0.1) is 0 Å². The van der Waals surface area contributed by atoms with Crippen LogP contribution in [-0.4, -0.2) is 11.0 Å². The Morgan fingerprint density at radius 3 is 3.17 bits per heavy atom. The zero-order valence-electron chi connectivity index (χ0n) is 6.14. The van der Waals surface area contributed by atoms with Gasteiger partial charge in [0.25, 0.3) is 0 Å². The Labute approximate surface area is 68.4 Å². The molecule has 5 heteroatoms.